The maximum absolute atomic E-state index is 12.7. The second kappa shape index (κ2) is 11.9. The van der Waals surface area contributed by atoms with Gasteiger partial charge in [0.2, 0.25) is 0 Å². The van der Waals surface area contributed by atoms with Crippen molar-refractivity contribution in [2.45, 2.75) is 19.8 Å². The van der Waals surface area contributed by atoms with Gasteiger partial charge in [0.05, 0.1) is 11.5 Å². The first-order chi connectivity index (χ1) is 14.9. The van der Waals surface area contributed by atoms with Crippen LogP contribution in [0.2, 0.25) is 0 Å². The molecule has 0 saturated heterocycles. The molecule has 2 N–H and O–H groups in total. The lowest BCUT2D eigenvalue weighted by atomic mass is 10.1. The lowest BCUT2D eigenvalue weighted by molar-refractivity contribution is -0.384. The topological polar surface area (TPSA) is 111 Å². The molecule has 162 valence electrons. The minimum absolute atomic E-state index is 0.00368. The number of nitrogens with one attached hydrogen (secondary N) is 2. The normalized spacial score (nSPS) is 10.8. The summed E-state index contributed by atoms with van der Waals surface area (Å²) in [5.41, 5.74) is 0.812. The number of non-ortho nitro benzene ring substituents is 1. The predicted molar refractivity (Wildman–Crippen MR) is 119 cm³/mol. The Morgan fingerprint density at radius 3 is 2.39 bits per heavy atom. The van der Waals surface area contributed by atoms with Crippen molar-refractivity contribution in [3.63, 3.8) is 0 Å². The Morgan fingerprint density at radius 2 is 1.81 bits per heavy atom. The molecule has 0 spiro atoms. The summed E-state index contributed by atoms with van der Waals surface area (Å²) in [5.74, 6) is -0.316. The number of rotatable bonds is 11. The van der Waals surface area contributed by atoms with Crippen molar-refractivity contribution < 1.29 is 19.2 Å². The van der Waals surface area contributed by atoms with Gasteiger partial charge < -0.3 is 15.4 Å². The van der Waals surface area contributed by atoms with Crippen LogP contribution in [0, 0.1) is 10.1 Å². The smallest absolute Gasteiger partial charge is 0.269 e. The summed E-state index contributed by atoms with van der Waals surface area (Å²) in [5, 5.41) is 16.0. The van der Waals surface area contributed by atoms with Crippen LogP contribution >= 0.6 is 0 Å². The Morgan fingerprint density at radius 1 is 1.13 bits per heavy atom. The van der Waals surface area contributed by atoms with E-state index in [1.165, 1.54) is 36.4 Å². The molecule has 0 heterocycles. The van der Waals surface area contributed by atoms with Crippen LogP contribution in [0.3, 0.4) is 0 Å². The highest BCUT2D eigenvalue weighted by atomic mass is 16.6. The second-order valence-corrected chi connectivity index (χ2v) is 6.59. The highest BCUT2D eigenvalue weighted by Crippen LogP contribution is 2.15. The van der Waals surface area contributed by atoms with E-state index in [1.807, 2.05) is 0 Å². The van der Waals surface area contributed by atoms with Crippen LogP contribution in [0.5, 0.6) is 5.75 Å². The largest absolute Gasteiger partial charge is 0.494 e. The van der Waals surface area contributed by atoms with Gasteiger partial charge in [-0.25, -0.2) is 0 Å². The molecule has 2 amide bonds. The summed E-state index contributed by atoms with van der Waals surface area (Å²) in [4.78, 5) is 35.4. The predicted octanol–water partition coefficient (Wildman–Crippen LogP) is 3.85. The van der Waals surface area contributed by atoms with Crippen LogP contribution in [-0.4, -0.2) is 29.9 Å². The SMILES string of the molecule is C=CCNC(=O)C(=Cc1ccc([N+](=O)[O-])cc1)NC(=O)c1ccc(OCCCC)cc1. The monoisotopic (exact) mass is 423 g/mol. The summed E-state index contributed by atoms with van der Waals surface area (Å²) in [7, 11) is 0. The molecule has 0 aliphatic carbocycles. The van der Waals surface area contributed by atoms with E-state index in [-0.39, 0.29) is 17.9 Å². The zero-order valence-corrected chi connectivity index (χ0v) is 17.3. The Hall–Kier alpha value is -3.94. The van der Waals surface area contributed by atoms with Crippen LogP contribution in [-0.2, 0) is 4.79 Å². The van der Waals surface area contributed by atoms with Crippen molar-refractivity contribution in [2.24, 2.45) is 0 Å². The number of unbranched alkanes of at least 4 members (excludes halogenated alkanes) is 1. The van der Waals surface area contributed by atoms with Crippen molar-refractivity contribution in [3.05, 3.63) is 88.1 Å². The first-order valence-corrected chi connectivity index (χ1v) is 9.84. The van der Waals surface area contributed by atoms with Crippen LogP contribution in [0.1, 0.15) is 35.7 Å². The third-order valence-corrected chi connectivity index (χ3v) is 4.20. The third-order valence-electron chi connectivity index (χ3n) is 4.20. The molecule has 0 radical (unpaired) electrons. The van der Waals surface area contributed by atoms with Crippen LogP contribution in [0.25, 0.3) is 6.08 Å². The second-order valence-electron chi connectivity index (χ2n) is 6.59. The molecule has 31 heavy (non-hydrogen) atoms. The lowest BCUT2D eigenvalue weighted by Crippen LogP contribution is -2.34. The summed E-state index contributed by atoms with van der Waals surface area (Å²) < 4.78 is 5.59. The third kappa shape index (κ3) is 7.43. The molecular weight excluding hydrogens is 398 g/mol. The van der Waals surface area contributed by atoms with E-state index in [4.69, 9.17) is 4.74 Å². The Labute approximate surface area is 180 Å². The molecule has 2 aromatic rings. The molecule has 0 saturated carbocycles. The van der Waals surface area contributed by atoms with E-state index in [1.54, 1.807) is 24.3 Å². The number of nitro groups is 1. The summed E-state index contributed by atoms with van der Waals surface area (Å²) in [6.07, 6.45) is 4.93. The van der Waals surface area contributed by atoms with Crippen molar-refractivity contribution in [3.8, 4) is 5.75 Å². The van der Waals surface area contributed by atoms with Gasteiger partial charge in [0.1, 0.15) is 11.4 Å². The number of hydrogen-bond acceptors (Lipinski definition) is 5. The van der Waals surface area contributed by atoms with Crippen LogP contribution < -0.4 is 15.4 Å². The number of nitrogens with zero attached hydrogens (tertiary/aromatic N) is 1. The van der Waals surface area contributed by atoms with E-state index >= 15 is 0 Å². The van der Waals surface area contributed by atoms with Crippen molar-refractivity contribution >= 4 is 23.6 Å². The highest BCUT2D eigenvalue weighted by Gasteiger charge is 2.15. The molecule has 0 aromatic heterocycles. The van der Waals surface area contributed by atoms with E-state index in [9.17, 15) is 19.7 Å². The first-order valence-electron chi connectivity index (χ1n) is 9.84. The Balaban J connectivity index is 2.18. The van der Waals surface area contributed by atoms with E-state index in [2.05, 4.69) is 24.1 Å². The molecular formula is C23H25N3O5. The van der Waals surface area contributed by atoms with Gasteiger partial charge in [0, 0.05) is 24.2 Å². The van der Waals surface area contributed by atoms with Gasteiger partial charge in [-0.2, -0.15) is 0 Å². The van der Waals surface area contributed by atoms with Crippen molar-refractivity contribution in [2.75, 3.05) is 13.2 Å². The molecule has 8 nitrogen and oxygen atoms in total. The average Bonchev–Trinajstić information content (AvgIpc) is 2.78. The summed E-state index contributed by atoms with van der Waals surface area (Å²) in [6, 6.07) is 12.3. The van der Waals surface area contributed by atoms with Crippen LogP contribution in [0.4, 0.5) is 5.69 Å². The molecule has 0 aliphatic rings. The van der Waals surface area contributed by atoms with Gasteiger partial charge in [-0.05, 0) is 54.5 Å². The number of amides is 2. The minimum atomic E-state index is -0.511. The van der Waals surface area contributed by atoms with Gasteiger partial charge in [-0.3, -0.25) is 19.7 Å². The van der Waals surface area contributed by atoms with Gasteiger partial charge in [0.25, 0.3) is 17.5 Å². The molecule has 2 rings (SSSR count). The fourth-order valence-corrected chi connectivity index (χ4v) is 2.51. The van der Waals surface area contributed by atoms with Crippen molar-refractivity contribution in [1.82, 2.24) is 10.6 Å². The maximum atomic E-state index is 12.7. The first kappa shape index (κ1) is 23.3. The molecule has 2 aromatic carbocycles. The van der Waals surface area contributed by atoms with E-state index in [0.717, 1.165) is 12.8 Å². The number of carbonyl (C=O) groups excluding carboxylic acids is 2. The van der Waals surface area contributed by atoms with Crippen molar-refractivity contribution in [1.29, 1.82) is 0 Å². The fourth-order valence-electron chi connectivity index (χ4n) is 2.51. The lowest BCUT2D eigenvalue weighted by Gasteiger charge is -2.11. The summed E-state index contributed by atoms with van der Waals surface area (Å²) >= 11 is 0. The molecule has 8 heteroatoms. The van der Waals surface area contributed by atoms with E-state index < -0.39 is 16.7 Å². The minimum Gasteiger partial charge on any atom is -0.494 e. The molecule has 0 atom stereocenters. The molecule has 0 bridgehead atoms. The average molecular weight is 423 g/mol. The summed E-state index contributed by atoms with van der Waals surface area (Å²) in [6.45, 7) is 6.44. The van der Waals surface area contributed by atoms with E-state index in [0.29, 0.717) is 23.5 Å². The number of nitro benzene ring substituents is 1. The van der Waals surface area contributed by atoms with Gasteiger partial charge in [-0.1, -0.05) is 19.4 Å². The zero-order valence-electron chi connectivity index (χ0n) is 17.3. The Kier molecular flexibility index (Phi) is 8.97. The maximum Gasteiger partial charge on any atom is 0.269 e. The fraction of sp³-hybridized carbons (Fsp3) is 0.217. The van der Waals surface area contributed by atoms with Gasteiger partial charge >= 0.3 is 0 Å². The molecule has 0 aliphatic heterocycles. The quantitative estimate of drug-likeness (QED) is 0.188. The zero-order chi connectivity index (χ0) is 22.6. The molecule has 0 unspecified atom stereocenters. The van der Waals surface area contributed by atoms with Gasteiger partial charge in [0.15, 0.2) is 0 Å². The number of carbonyl (C=O) groups is 2. The Bertz CT molecular complexity index is 950. The number of ether oxygens (including phenoxy) is 1. The molecule has 0 fully saturated rings. The standard InChI is InChI=1S/C23H25N3O5/c1-3-5-15-31-20-12-8-18(9-13-20)22(27)25-21(23(28)24-14-4-2)16-17-6-10-19(11-7-17)26(29)30/h4,6-13,16H,2-3,5,14-15H2,1H3,(H,24,28)(H,25,27). The highest BCUT2D eigenvalue weighted by molar-refractivity contribution is 6.05. The number of benzene rings is 2. The number of hydrogen-bond donors (Lipinski definition) is 2. The van der Waals surface area contributed by atoms with Crippen LogP contribution in [0.15, 0.2) is 66.9 Å². The van der Waals surface area contributed by atoms with Gasteiger partial charge in [-0.15, -0.1) is 6.58 Å².